The molecular formula is C13H19NO3S. The molecule has 1 amide bonds. The molecule has 0 aliphatic carbocycles. The van der Waals surface area contributed by atoms with Crippen LogP contribution in [0.15, 0.2) is 24.3 Å². The maximum atomic E-state index is 11.6. The molecule has 1 rings (SSSR count). The Morgan fingerprint density at radius 3 is 2.61 bits per heavy atom. The lowest BCUT2D eigenvalue weighted by molar-refractivity contribution is 0.0636. The number of nitrogens with one attached hydrogen (secondary N) is 1. The zero-order valence-electron chi connectivity index (χ0n) is 11.1. The monoisotopic (exact) mass is 269 g/mol. The van der Waals surface area contributed by atoms with Gasteiger partial charge in [-0.3, -0.25) is 9.53 Å². The molecule has 0 radical (unpaired) electrons. The van der Waals surface area contributed by atoms with Crippen LogP contribution < -0.4 is 5.32 Å². The van der Waals surface area contributed by atoms with Gasteiger partial charge in [0, 0.05) is 28.5 Å². The van der Waals surface area contributed by atoms with Gasteiger partial charge in [-0.05, 0) is 38.5 Å². The van der Waals surface area contributed by atoms with Gasteiger partial charge >= 0.3 is 6.09 Å². The zero-order valence-corrected chi connectivity index (χ0v) is 12.0. The first-order valence-electron chi connectivity index (χ1n) is 5.65. The third-order valence-electron chi connectivity index (χ3n) is 1.94. The van der Waals surface area contributed by atoms with E-state index >= 15 is 0 Å². The highest BCUT2D eigenvalue weighted by molar-refractivity contribution is 7.83. The molecule has 1 aromatic carbocycles. The van der Waals surface area contributed by atoms with Crippen LogP contribution >= 0.6 is 0 Å². The lowest BCUT2D eigenvalue weighted by atomic mass is 10.2. The maximum absolute atomic E-state index is 11.6. The predicted molar refractivity (Wildman–Crippen MR) is 74.1 cm³/mol. The minimum Gasteiger partial charge on any atom is -0.444 e. The summed E-state index contributed by atoms with van der Waals surface area (Å²) in [4.78, 5) is 11.6. The van der Waals surface area contributed by atoms with Crippen LogP contribution in [0.3, 0.4) is 0 Å². The van der Waals surface area contributed by atoms with Crippen molar-refractivity contribution in [1.29, 1.82) is 0 Å². The summed E-state index contributed by atoms with van der Waals surface area (Å²) in [5, 5.41) is 2.65. The average molecular weight is 269 g/mol. The van der Waals surface area contributed by atoms with E-state index in [2.05, 4.69) is 5.32 Å². The molecule has 1 aromatic rings. The first-order chi connectivity index (χ1) is 8.26. The normalized spacial score (nSPS) is 12.9. The number of hydrogen-bond acceptors (Lipinski definition) is 3. The first kappa shape index (κ1) is 14.7. The largest absolute Gasteiger partial charge is 0.444 e. The van der Waals surface area contributed by atoms with E-state index < -0.39 is 22.5 Å². The number of carbonyl (C=O) groups is 1. The van der Waals surface area contributed by atoms with Crippen molar-refractivity contribution in [2.45, 2.75) is 32.1 Å². The number of amides is 1. The molecule has 0 aromatic heterocycles. The molecule has 0 fully saturated rings. The van der Waals surface area contributed by atoms with Gasteiger partial charge in [0.1, 0.15) is 5.60 Å². The smallest absolute Gasteiger partial charge is 0.412 e. The molecule has 0 aliphatic rings. The van der Waals surface area contributed by atoms with Crippen LogP contribution in [0.4, 0.5) is 10.5 Å². The summed E-state index contributed by atoms with van der Waals surface area (Å²) in [5.74, 6) is 0.476. The van der Waals surface area contributed by atoms with E-state index in [0.29, 0.717) is 11.4 Å². The molecule has 0 spiro atoms. The molecule has 1 atom stereocenters. The zero-order chi connectivity index (χ0) is 13.8. The predicted octanol–water partition coefficient (Wildman–Crippen LogP) is 2.91. The second-order valence-corrected chi connectivity index (χ2v) is 6.48. The highest BCUT2D eigenvalue weighted by Crippen LogP contribution is 2.14. The summed E-state index contributed by atoms with van der Waals surface area (Å²) in [6.07, 6.45) is 1.16. The molecule has 5 heteroatoms. The summed E-state index contributed by atoms with van der Waals surface area (Å²) in [6, 6.07) is 7.26. The van der Waals surface area contributed by atoms with Gasteiger partial charge in [-0.25, -0.2) is 4.79 Å². The second kappa shape index (κ2) is 6.00. The Bertz CT molecular complexity index is 452. The molecule has 100 valence electrons. The lowest BCUT2D eigenvalue weighted by Crippen LogP contribution is -2.27. The van der Waals surface area contributed by atoms with E-state index in [4.69, 9.17) is 4.74 Å². The van der Waals surface area contributed by atoms with E-state index in [9.17, 15) is 9.00 Å². The molecule has 0 heterocycles. The molecule has 0 saturated heterocycles. The molecule has 1 unspecified atom stereocenters. The Morgan fingerprint density at radius 1 is 1.39 bits per heavy atom. The molecule has 0 saturated carbocycles. The fourth-order valence-electron chi connectivity index (χ4n) is 1.40. The Labute approximate surface area is 110 Å². The van der Waals surface area contributed by atoms with E-state index in [1.807, 2.05) is 32.9 Å². The van der Waals surface area contributed by atoms with Crippen LogP contribution in [0.2, 0.25) is 0 Å². The first-order valence-corrected chi connectivity index (χ1v) is 7.38. The summed E-state index contributed by atoms with van der Waals surface area (Å²) in [6.45, 7) is 5.43. The van der Waals surface area contributed by atoms with E-state index in [0.717, 1.165) is 5.56 Å². The van der Waals surface area contributed by atoms with Crippen molar-refractivity contribution in [2.24, 2.45) is 0 Å². The van der Waals surface area contributed by atoms with E-state index in [1.54, 1.807) is 18.4 Å². The summed E-state index contributed by atoms with van der Waals surface area (Å²) >= 11 is 0. The summed E-state index contributed by atoms with van der Waals surface area (Å²) in [7, 11) is -0.897. The van der Waals surface area contributed by atoms with Crippen molar-refractivity contribution >= 4 is 22.6 Å². The van der Waals surface area contributed by atoms with Crippen molar-refractivity contribution < 1.29 is 13.7 Å². The Hall–Kier alpha value is -1.36. The van der Waals surface area contributed by atoms with Crippen molar-refractivity contribution in [3.63, 3.8) is 0 Å². The summed E-state index contributed by atoms with van der Waals surface area (Å²) in [5.41, 5.74) is 1.05. The SMILES string of the molecule is CS(=O)Cc1cccc(NC(=O)OC(C)(C)C)c1. The molecule has 4 nitrogen and oxygen atoms in total. The average Bonchev–Trinajstić information content (AvgIpc) is 2.13. The number of benzene rings is 1. The van der Waals surface area contributed by atoms with Gasteiger partial charge in [0.05, 0.1) is 0 Å². The van der Waals surface area contributed by atoms with Crippen LogP contribution in [-0.2, 0) is 21.3 Å². The lowest BCUT2D eigenvalue weighted by Gasteiger charge is -2.19. The molecule has 0 aliphatic heterocycles. The van der Waals surface area contributed by atoms with Crippen LogP contribution in [0.1, 0.15) is 26.3 Å². The van der Waals surface area contributed by atoms with Crippen LogP contribution in [0.5, 0.6) is 0 Å². The molecule has 18 heavy (non-hydrogen) atoms. The Morgan fingerprint density at radius 2 is 2.06 bits per heavy atom. The highest BCUT2D eigenvalue weighted by Gasteiger charge is 2.16. The molecule has 1 N–H and O–H groups in total. The van der Waals surface area contributed by atoms with Gasteiger partial charge in [0.2, 0.25) is 0 Å². The van der Waals surface area contributed by atoms with Crippen molar-refractivity contribution in [2.75, 3.05) is 11.6 Å². The van der Waals surface area contributed by atoms with Crippen molar-refractivity contribution in [1.82, 2.24) is 0 Å². The number of anilines is 1. The van der Waals surface area contributed by atoms with Gasteiger partial charge < -0.3 is 4.74 Å². The van der Waals surface area contributed by atoms with Crippen LogP contribution in [0, 0.1) is 0 Å². The number of ether oxygens (including phenoxy) is 1. The van der Waals surface area contributed by atoms with Gasteiger partial charge in [0.25, 0.3) is 0 Å². The molecule has 0 bridgehead atoms. The second-order valence-electron chi connectivity index (χ2n) is 5.04. The quantitative estimate of drug-likeness (QED) is 0.918. The highest BCUT2D eigenvalue weighted by atomic mass is 32.2. The maximum Gasteiger partial charge on any atom is 0.412 e. The van der Waals surface area contributed by atoms with Gasteiger partial charge in [-0.2, -0.15) is 0 Å². The summed E-state index contributed by atoms with van der Waals surface area (Å²) < 4.78 is 16.3. The Kier molecular flexibility index (Phi) is 4.90. The number of hydrogen-bond donors (Lipinski definition) is 1. The van der Waals surface area contributed by atoms with Gasteiger partial charge in [0.15, 0.2) is 0 Å². The number of carbonyl (C=O) groups excluding carboxylic acids is 1. The number of rotatable bonds is 3. The van der Waals surface area contributed by atoms with Gasteiger partial charge in [-0.15, -0.1) is 0 Å². The van der Waals surface area contributed by atoms with Gasteiger partial charge in [-0.1, -0.05) is 12.1 Å². The van der Waals surface area contributed by atoms with E-state index in [-0.39, 0.29) is 0 Å². The van der Waals surface area contributed by atoms with E-state index in [1.165, 1.54) is 0 Å². The van der Waals surface area contributed by atoms with Crippen molar-refractivity contribution in [3.8, 4) is 0 Å². The van der Waals surface area contributed by atoms with Crippen LogP contribution in [-0.4, -0.2) is 22.2 Å². The fraction of sp³-hybridized carbons (Fsp3) is 0.462. The Balaban J connectivity index is 2.67. The van der Waals surface area contributed by atoms with Crippen molar-refractivity contribution in [3.05, 3.63) is 29.8 Å². The fourth-order valence-corrected chi connectivity index (χ4v) is 2.04. The third kappa shape index (κ3) is 5.82. The third-order valence-corrected chi connectivity index (χ3v) is 2.68. The molecular weight excluding hydrogens is 250 g/mol. The topological polar surface area (TPSA) is 55.4 Å². The standard InChI is InChI=1S/C13H19NO3S/c1-13(2,3)17-12(15)14-11-7-5-6-10(8-11)9-18(4)16/h5-8H,9H2,1-4H3,(H,14,15). The minimum absolute atomic E-state index is 0.476. The minimum atomic E-state index is -0.897. The van der Waals surface area contributed by atoms with Crippen LogP contribution in [0.25, 0.3) is 0 Å².